The number of ether oxygens (including phenoxy) is 1. The maximum Gasteiger partial charge on any atom is 0.416 e. The number of hydrogen-bond acceptors (Lipinski definition) is 6. The molecule has 1 atom stereocenters. The normalized spacial score (nSPS) is 15.9. The predicted octanol–water partition coefficient (Wildman–Crippen LogP) is 6.09. The van der Waals surface area contributed by atoms with Crippen LogP contribution in [-0.2, 0) is 15.8 Å². The zero-order chi connectivity index (χ0) is 29.0. The fourth-order valence-electron chi connectivity index (χ4n) is 4.72. The van der Waals surface area contributed by atoms with Crippen LogP contribution in [0.4, 0.5) is 13.2 Å². The number of amides is 2. The molecule has 7 nitrogen and oxygen atoms in total. The number of nitrogens with zero attached hydrogens (tertiary/aromatic N) is 4. The van der Waals surface area contributed by atoms with Gasteiger partial charge in [0.2, 0.25) is 5.91 Å². The number of pyridine rings is 1. The predicted molar refractivity (Wildman–Crippen MR) is 149 cm³/mol. The highest BCUT2D eigenvalue weighted by Gasteiger charge is 2.32. The van der Waals surface area contributed by atoms with E-state index in [0.29, 0.717) is 37.4 Å². The van der Waals surface area contributed by atoms with Crippen LogP contribution in [0.3, 0.4) is 0 Å². The number of thiazole rings is 1. The van der Waals surface area contributed by atoms with Gasteiger partial charge in [-0.1, -0.05) is 24.3 Å². The molecule has 1 saturated heterocycles. The van der Waals surface area contributed by atoms with Gasteiger partial charge in [0.1, 0.15) is 10.8 Å². The number of halogens is 3. The van der Waals surface area contributed by atoms with Crippen molar-refractivity contribution < 1.29 is 27.5 Å². The fraction of sp³-hybridized carbons (Fsp3) is 0.267. The smallest absolute Gasteiger partial charge is 0.416 e. The summed E-state index contributed by atoms with van der Waals surface area (Å²) in [6.45, 7) is 2.60. The number of aromatic nitrogens is 2. The van der Waals surface area contributed by atoms with Gasteiger partial charge in [-0.3, -0.25) is 14.6 Å². The van der Waals surface area contributed by atoms with Crippen LogP contribution >= 0.6 is 11.3 Å². The van der Waals surface area contributed by atoms with Gasteiger partial charge >= 0.3 is 6.18 Å². The molecule has 0 spiro atoms. The number of carbonyl (C=O) groups excluding carboxylic acids is 2. The molecular formula is C30H27F3N4O3S. The van der Waals surface area contributed by atoms with Gasteiger partial charge in [0.05, 0.1) is 17.3 Å². The second kappa shape index (κ2) is 12.1. The van der Waals surface area contributed by atoms with Crippen molar-refractivity contribution in [2.45, 2.75) is 25.6 Å². The minimum atomic E-state index is -4.39. The van der Waals surface area contributed by atoms with E-state index in [1.807, 2.05) is 17.5 Å². The molecule has 0 saturated carbocycles. The third kappa shape index (κ3) is 6.74. The Bertz CT molecular complexity index is 1490. The Hall–Kier alpha value is -4.25. The molecule has 11 heteroatoms. The van der Waals surface area contributed by atoms with Crippen molar-refractivity contribution in [3.8, 4) is 28.1 Å². The van der Waals surface area contributed by atoms with E-state index in [1.165, 1.54) is 30.4 Å². The summed E-state index contributed by atoms with van der Waals surface area (Å²) in [5.74, 6) is 0.187. The van der Waals surface area contributed by atoms with Crippen LogP contribution in [0, 0.1) is 0 Å². The lowest BCUT2D eigenvalue weighted by Crippen LogP contribution is -2.40. The molecule has 4 aromatic rings. The minimum Gasteiger partial charge on any atom is -0.484 e. The molecule has 2 aromatic carbocycles. The highest BCUT2D eigenvalue weighted by molar-refractivity contribution is 7.10. The number of hydrogen-bond donors (Lipinski definition) is 0. The molecule has 212 valence electrons. The lowest BCUT2D eigenvalue weighted by molar-refractivity contribution is -0.137. The number of rotatable bonds is 6. The maximum absolute atomic E-state index is 13.4. The summed E-state index contributed by atoms with van der Waals surface area (Å²) in [5.41, 5.74) is 2.39. The van der Waals surface area contributed by atoms with Gasteiger partial charge in [0.15, 0.2) is 6.61 Å². The summed E-state index contributed by atoms with van der Waals surface area (Å²) >= 11 is 1.47. The summed E-state index contributed by atoms with van der Waals surface area (Å²) in [6.07, 6.45) is -0.431. The SMILES string of the molecule is CC(=O)N1CCC(c2nc(-c3ccncc3)cs2)N(C(=O)COc2ccc(-c3ccc(C(F)(F)F)cc3)cc2)CC1. The molecule has 5 rings (SSSR count). The Morgan fingerprint density at radius 3 is 2.22 bits per heavy atom. The standard InChI is InChI=1S/C30H27F3N4O3S/c1-20(38)36-15-12-27(29-35-26(19-41-29)23-10-13-34-14-11-23)37(17-16-36)28(39)18-40-25-8-4-22(5-9-25)21-2-6-24(7-3-21)30(31,32)33/h2-11,13-14,19,27H,12,15-18H2,1H3. The average Bonchev–Trinajstić information content (AvgIpc) is 3.35. The second-order valence-corrected chi connectivity index (χ2v) is 10.5. The number of benzene rings is 2. The van der Waals surface area contributed by atoms with Crippen molar-refractivity contribution in [2.75, 3.05) is 26.2 Å². The fourth-order valence-corrected chi connectivity index (χ4v) is 5.69. The maximum atomic E-state index is 13.4. The van der Waals surface area contributed by atoms with Crippen molar-refractivity contribution in [2.24, 2.45) is 0 Å². The molecule has 2 amide bonds. The van der Waals surface area contributed by atoms with Crippen LogP contribution in [0.1, 0.15) is 30.0 Å². The first-order valence-corrected chi connectivity index (χ1v) is 13.9. The third-order valence-electron chi connectivity index (χ3n) is 6.97. The average molecular weight is 581 g/mol. The van der Waals surface area contributed by atoms with Crippen LogP contribution in [-0.4, -0.2) is 57.8 Å². The summed E-state index contributed by atoms with van der Waals surface area (Å²) in [5, 5.41) is 2.74. The largest absolute Gasteiger partial charge is 0.484 e. The molecule has 1 unspecified atom stereocenters. The summed E-state index contributed by atoms with van der Waals surface area (Å²) in [7, 11) is 0. The van der Waals surface area contributed by atoms with Gasteiger partial charge in [-0.25, -0.2) is 4.98 Å². The summed E-state index contributed by atoms with van der Waals surface area (Å²) in [4.78, 5) is 37.9. The highest BCUT2D eigenvalue weighted by Crippen LogP contribution is 2.33. The van der Waals surface area contributed by atoms with Crippen molar-refractivity contribution in [3.63, 3.8) is 0 Å². The molecule has 0 bridgehead atoms. The first-order chi connectivity index (χ1) is 19.7. The first-order valence-electron chi connectivity index (χ1n) is 13.0. The third-order valence-corrected chi connectivity index (χ3v) is 7.92. The van der Waals surface area contributed by atoms with E-state index in [4.69, 9.17) is 9.72 Å². The molecule has 3 heterocycles. The molecule has 2 aromatic heterocycles. The molecule has 1 aliphatic heterocycles. The lowest BCUT2D eigenvalue weighted by atomic mass is 10.0. The van der Waals surface area contributed by atoms with E-state index in [0.717, 1.165) is 34.0 Å². The molecule has 41 heavy (non-hydrogen) atoms. The Labute approximate surface area is 239 Å². The quantitative estimate of drug-likeness (QED) is 0.276. The van der Waals surface area contributed by atoms with E-state index in [1.54, 1.807) is 46.5 Å². The van der Waals surface area contributed by atoms with Crippen molar-refractivity contribution >= 4 is 23.2 Å². The highest BCUT2D eigenvalue weighted by atomic mass is 32.1. The lowest BCUT2D eigenvalue weighted by Gasteiger charge is -2.28. The van der Waals surface area contributed by atoms with Crippen molar-refractivity contribution in [3.05, 3.63) is 89.0 Å². The van der Waals surface area contributed by atoms with E-state index in [-0.39, 0.29) is 24.5 Å². The molecule has 0 N–H and O–H groups in total. The van der Waals surface area contributed by atoms with Gasteiger partial charge < -0.3 is 14.5 Å². The summed E-state index contributed by atoms with van der Waals surface area (Å²) < 4.78 is 44.4. The van der Waals surface area contributed by atoms with E-state index in [9.17, 15) is 22.8 Å². The van der Waals surface area contributed by atoms with Crippen molar-refractivity contribution in [1.29, 1.82) is 0 Å². The van der Waals surface area contributed by atoms with Crippen LogP contribution in [0.5, 0.6) is 5.75 Å². The van der Waals surface area contributed by atoms with E-state index < -0.39 is 11.7 Å². The van der Waals surface area contributed by atoms with Gasteiger partial charge in [0.25, 0.3) is 5.91 Å². The first kappa shape index (κ1) is 28.3. The van der Waals surface area contributed by atoms with E-state index in [2.05, 4.69) is 4.98 Å². The van der Waals surface area contributed by atoms with Gasteiger partial charge in [-0.2, -0.15) is 13.2 Å². The number of carbonyl (C=O) groups is 2. The molecule has 0 aliphatic carbocycles. The van der Waals surface area contributed by atoms with Crippen LogP contribution in [0.15, 0.2) is 78.4 Å². The van der Waals surface area contributed by atoms with Crippen LogP contribution < -0.4 is 4.74 Å². The second-order valence-electron chi connectivity index (χ2n) is 9.59. The monoisotopic (exact) mass is 580 g/mol. The minimum absolute atomic E-state index is 0.0425. The topological polar surface area (TPSA) is 75.6 Å². The Balaban J connectivity index is 1.28. The van der Waals surface area contributed by atoms with Crippen LogP contribution in [0.2, 0.25) is 0 Å². The summed E-state index contributed by atoms with van der Waals surface area (Å²) in [6, 6.07) is 15.2. The van der Waals surface area contributed by atoms with Crippen LogP contribution in [0.25, 0.3) is 22.4 Å². The van der Waals surface area contributed by atoms with Gasteiger partial charge in [-0.15, -0.1) is 11.3 Å². The molecule has 0 radical (unpaired) electrons. The Kier molecular flexibility index (Phi) is 8.34. The number of alkyl halides is 3. The zero-order valence-corrected chi connectivity index (χ0v) is 23.0. The van der Waals surface area contributed by atoms with Crippen molar-refractivity contribution in [1.82, 2.24) is 19.8 Å². The van der Waals surface area contributed by atoms with Gasteiger partial charge in [-0.05, 0) is 53.9 Å². The zero-order valence-electron chi connectivity index (χ0n) is 22.2. The van der Waals surface area contributed by atoms with Gasteiger partial charge in [0, 0.05) is 49.9 Å². The molecule has 1 aliphatic rings. The Morgan fingerprint density at radius 1 is 0.927 bits per heavy atom. The van der Waals surface area contributed by atoms with E-state index >= 15 is 0 Å². The molecule has 1 fully saturated rings. The Morgan fingerprint density at radius 2 is 1.59 bits per heavy atom. The molecular weight excluding hydrogens is 553 g/mol.